The Morgan fingerprint density at radius 1 is 1.27 bits per heavy atom. The highest BCUT2D eigenvalue weighted by molar-refractivity contribution is 7.98. The molecule has 176 valence electrons. The van der Waals surface area contributed by atoms with Gasteiger partial charge in [0.15, 0.2) is 0 Å². The monoisotopic (exact) mass is 485 g/mol. The Morgan fingerprint density at radius 2 is 2.06 bits per heavy atom. The van der Waals surface area contributed by atoms with E-state index in [4.69, 9.17) is 9.72 Å². The molecule has 1 amide bonds. The van der Waals surface area contributed by atoms with Crippen molar-refractivity contribution in [3.63, 3.8) is 0 Å². The van der Waals surface area contributed by atoms with Crippen molar-refractivity contribution in [2.75, 3.05) is 12.9 Å². The molecule has 3 aromatic rings. The van der Waals surface area contributed by atoms with Gasteiger partial charge in [-0.05, 0) is 68.7 Å². The Kier molecular flexibility index (Phi) is 8.09. The van der Waals surface area contributed by atoms with Crippen molar-refractivity contribution in [1.29, 1.82) is 0 Å². The van der Waals surface area contributed by atoms with Gasteiger partial charge in [-0.2, -0.15) is 11.8 Å². The van der Waals surface area contributed by atoms with Crippen LogP contribution in [0.4, 0.5) is 0 Å². The van der Waals surface area contributed by atoms with E-state index >= 15 is 0 Å². The first-order valence-electron chi connectivity index (χ1n) is 11.6. The number of hydrogen-bond donors (Lipinski definition) is 2. The van der Waals surface area contributed by atoms with Crippen molar-refractivity contribution in [2.24, 2.45) is 0 Å². The average molecular weight is 486 g/mol. The van der Waals surface area contributed by atoms with E-state index in [9.17, 15) is 9.59 Å². The summed E-state index contributed by atoms with van der Waals surface area (Å²) in [6, 6.07) is 8.16. The van der Waals surface area contributed by atoms with Gasteiger partial charge in [0.2, 0.25) is 5.91 Å². The number of benzene rings is 1. The van der Waals surface area contributed by atoms with Crippen LogP contribution in [0.2, 0.25) is 0 Å². The quantitative estimate of drug-likeness (QED) is 0.409. The van der Waals surface area contributed by atoms with E-state index in [1.165, 1.54) is 22.4 Å². The van der Waals surface area contributed by atoms with Gasteiger partial charge >= 0.3 is 0 Å². The molecule has 0 bridgehead atoms. The largest absolute Gasteiger partial charge is 0.497 e. The van der Waals surface area contributed by atoms with Gasteiger partial charge in [0.05, 0.1) is 18.2 Å². The van der Waals surface area contributed by atoms with Crippen LogP contribution in [0.3, 0.4) is 0 Å². The van der Waals surface area contributed by atoms with Crippen LogP contribution in [0, 0.1) is 0 Å². The Morgan fingerprint density at radius 3 is 2.85 bits per heavy atom. The minimum atomic E-state index is -0.0153. The van der Waals surface area contributed by atoms with Gasteiger partial charge in [-0.1, -0.05) is 12.1 Å². The number of methoxy groups -OCH3 is 1. The Labute approximate surface area is 202 Å². The summed E-state index contributed by atoms with van der Waals surface area (Å²) < 4.78 is 5.18. The summed E-state index contributed by atoms with van der Waals surface area (Å²) in [4.78, 5) is 34.8. The first-order valence-corrected chi connectivity index (χ1v) is 13.5. The summed E-state index contributed by atoms with van der Waals surface area (Å²) in [5.74, 6) is 2.91. The topological polar surface area (TPSA) is 84.1 Å². The molecule has 2 aromatic heterocycles. The molecular weight excluding hydrogens is 454 g/mol. The van der Waals surface area contributed by atoms with E-state index in [1.807, 2.05) is 19.1 Å². The predicted molar refractivity (Wildman–Crippen MR) is 137 cm³/mol. The lowest BCUT2D eigenvalue weighted by Gasteiger charge is -2.14. The first kappa shape index (κ1) is 23.8. The van der Waals surface area contributed by atoms with Crippen LogP contribution in [0.5, 0.6) is 5.75 Å². The SMILES string of the molecule is COc1ccc(CCC(C)NC(=O)CCSCc2nc3sc4c(c3c(=O)[nH]2)CCCC4)cc1. The second kappa shape index (κ2) is 11.2. The number of fused-ring (bicyclic) bond motifs is 3. The normalized spacial score (nSPS) is 14.1. The van der Waals surface area contributed by atoms with E-state index in [2.05, 4.69) is 22.4 Å². The third-order valence-electron chi connectivity index (χ3n) is 6.02. The van der Waals surface area contributed by atoms with Crippen molar-refractivity contribution in [3.05, 3.63) is 56.4 Å². The highest BCUT2D eigenvalue weighted by atomic mass is 32.2. The highest BCUT2D eigenvalue weighted by Crippen LogP contribution is 2.33. The van der Waals surface area contributed by atoms with E-state index in [0.29, 0.717) is 23.8 Å². The van der Waals surface area contributed by atoms with Crippen LogP contribution in [-0.2, 0) is 29.8 Å². The third kappa shape index (κ3) is 6.18. The van der Waals surface area contributed by atoms with E-state index in [0.717, 1.165) is 48.1 Å². The maximum Gasteiger partial charge on any atom is 0.259 e. The Balaban J connectivity index is 1.19. The molecule has 0 saturated heterocycles. The number of nitrogens with one attached hydrogen (secondary N) is 2. The van der Waals surface area contributed by atoms with Crippen molar-refractivity contribution >= 4 is 39.2 Å². The number of amides is 1. The summed E-state index contributed by atoms with van der Waals surface area (Å²) in [6.07, 6.45) is 6.66. The molecule has 1 aromatic carbocycles. The van der Waals surface area contributed by atoms with E-state index in [-0.39, 0.29) is 17.5 Å². The molecule has 8 heteroatoms. The van der Waals surface area contributed by atoms with Crippen LogP contribution in [0.1, 0.15) is 54.4 Å². The lowest BCUT2D eigenvalue weighted by Crippen LogP contribution is -2.33. The molecule has 1 unspecified atom stereocenters. The van der Waals surface area contributed by atoms with Crippen molar-refractivity contribution in [3.8, 4) is 5.75 Å². The molecule has 0 aliphatic heterocycles. The van der Waals surface area contributed by atoms with E-state index < -0.39 is 0 Å². The number of ether oxygens (including phenoxy) is 1. The van der Waals surface area contributed by atoms with Gasteiger partial charge in [-0.25, -0.2) is 4.98 Å². The average Bonchev–Trinajstić information content (AvgIpc) is 3.20. The minimum Gasteiger partial charge on any atom is -0.497 e. The van der Waals surface area contributed by atoms with Crippen molar-refractivity contribution < 1.29 is 9.53 Å². The number of aromatic nitrogens is 2. The number of carbonyl (C=O) groups is 1. The number of nitrogens with zero attached hydrogens (tertiary/aromatic N) is 1. The zero-order chi connectivity index (χ0) is 23.2. The molecule has 33 heavy (non-hydrogen) atoms. The third-order valence-corrected chi connectivity index (χ3v) is 8.17. The summed E-state index contributed by atoms with van der Waals surface area (Å²) >= 11 is 3.30. The second-order valence-electron chi connectivity index (χ2n) is 8.56. The molecule has 0 saturated carbocycles. The lowest BCUT2D eigenvalue weighted by atomic mass is 9.97. The standard InChI is InChI=1S/C25H31N3O3S2/c1-16(7-8-17-9-11-18(31-2)12-10-17)26-22(29)13-14-32-15-21-27-24(30)23-19-5-3-4-6-20(19)33-25(23)28-21/h9-12,16H,3-8,13-15H2,1-2H3,(H,26,29)(H,27,28,30). The number of aryl methyl sites for hydroxylation is 3. The lowest BCUT2D eigenvalue weighted by molar-refractivity contribution is -0.121. The van der Waals surface area contributed by atoms with Gasteiger partial charge in [0, 0.05) is 23.1 Å². The number of thioether (sulfide) groups is 1. The fourth-order valence-corrected chi connectivity index (χ4v) is 6.29. The van der Waals surface area contributed by atoms with Crippen LogP contribution in [0.15, 0.2) is 29.1 Å². The number of carbonyl (C=O) groups excluding carboxylic acids is 1. The van der Waals surface area contributed by atoms with Crippen LogP contribution in [-0.4, -0.2) is 34.8 Å². The highest BCUT2D eigenvalue weighted by Gasteiger charge is 2.19. The summed E-state index contributed by atoms with van der Waals surface area (Å²) in [7, 11) is 1.66. The predicted octanol–water partition coefficient (Wildman–Crippen LogP) is 4.63. The smallest absolute Gasteiger partial charge is 0.259 e. The fourth-order valence-electron chi connectivity index (χ4n) is 4.21. The van der Waals surface area contributed by atoms with Crippen molar-refractivity contribution in [1.82, 2.24) is 15.3 Å². The van der Waals surface area contributed by atoms with Crippen LogP contribution < -0.4 is 15.6 Å². The number of hydrogen-bond acceptors (Lipinski definition) is 6. The molecule has 2 heterocycles. The van der Waals surface area contributed by atoms with Gasteiger partial charge in [-0.3, -0.25) is 9.59 Å². The minimum absolute atomic E-state index is 0.0153. The van der Waals surface area contributed by atoms with E-state index in [1.54, 1.807) is 30.2 Å². The summed E-state index contributed by atoms with van der Waals surface area (Å²) in [5, 5.41) is 3.88. The number of thiophene rings is 1. The maximum absolute atomic E-state index is 12.6. The molecular formula is C25H31N3O3S2. The maximum atomic E-state index is 12.6. The molecule has 2 N–H and O–H groups in total. The van der Waals surface area contributed by atoms with Crippen LogP contribution in [0.25, 0.3) is 10.2 Å². The van der Waals surface area contributed by atoms with Gasteiger partial charge in [0.1, 0.15) is 16.4 Å². The molecule has 0 radical (unpaired) electrons. The fraction of sp³-hybridized carbons (Fsp3) is 0.480. The summed E-state index contributed by atoms with van der Waals surface area (Å²) in [5.41, 5.74) is 2.43. The Bertz CT molecular complexity index is 1150. The molecule has 1 aliphatic rings. The number of aromatic amines is 1. The van der Waals surface area contributed by atoms with Gasteiger partial charge < -0.3 is 15.0 Å². The number of H-pyrrole nitrogens is 1. The molecule has 1 aliphatic carbocycles. The van der Waals surface area contributed by atoms with Crippen molar-refractivity contribution in [2.45, 2.75) is 63.7 Å². The van der Waals surface area contributed by atoms with Gasteiger partial charge in [-0.15, -0.1) is 11.3 Å². The van der Waals surface area contributed by atoms with Crippen LogP contribution >= 0.6 is 23.1 Å². The zero-order valence-corrected chi connectivity index (χ0v) is 20.9. The second-order valence-corrected chi connectivity index (χ2v) is 10.8. The number of rotatable bonds is 10. The first-order chi connectivity index (χ1) is 16.0. The molecule has 6 nitrogen and oxygen atoms in total. The molecule has 4 rings (SSSR count). The molecule has 0 fully saturated rings. The molecule has 1 atom stereocenters. The zero-order valence-electron chi connectivity index (χ0n) is 19.2. The molecule has 0 spiro atoms. The summed E-state index contributed by atoms with van der Waals surface area (Å²) in [6.45, 7) is 2.04. The Hall–Kier alpha value is -2.32. The van der Waals surface area contributed by atoms with Gasteiger partial charge in [0.25, 0.3) is 5.56 Å².